The fourth-order valence-electron chi connectivity index (χ4n) is 2.10. The number of hydrogen-bond acceptors (Lipinski definition) is 6. The maximum Gasteiger partial charge on any atom is 0.407 e. The molecule has 0 aromatic carbocycles. The summed E-state index contributed by atoms with van der Waals surface area (Å²) in [6, 6.07) is -0.907. The minimum atomic E-state index is -0.959. The van der Waals surface area contributed by atoms with Crippen molar-refractivity contribution in [2.75, 3.05) is 26.9 Å². The third-order valence-corrected chi connectivity index (χ3v) is 3.92. The molecule has 1 N–H and O–H groups in total. The van der Waals surface area contributed by atoms with Gasteiger partial charge in [-0.2, -0.15) is 0 Å². The van der Waals surface area contributed by atoms with Crippen LogP contribution < -0.4 is 5.32 Å². The number of unbranched alkanes of at least 4 members (excludes halogenated alkanes) is 1. The Morgan fingerprint density at radius 1 is 1.27 bits per heavy atom. The lowest BCUT2D eigenvalue weighted by Crippen LogP contribution is -2.49. The summed E-state index contributed by atoms with van der Waals surface area (Å²) in [6.45, 7) is 5.34. The first kappa shape index (κ1) is 18.4. The number of ketones is 1. The highest BCUT2D eigenvalue weighted by Gasteiger charge is 2.38. The standard InChI is InChI=1S/C15H25NO6/c1-4-6-7-11(12(17)13(18)20-3)16-14(19)22-10-15(5-2)8-21-9-15/h11H,4-10H2,1-3H3,(H,16,19)/t11-/m0/s1. The highest BCUT2D eigenvalue weighted by molar-refractivity contribution is 6.35. The van der Waals surface area contributed by atoms with Gasteiger partial charge in [-0.3, -0.25) is 4.79 Å². The quantitative estimate of drug-likeness (QED) is 0.511. The average Bonchev–Trinajstić information content (AvgIpc) is 2.49. The van der Waals surface area contributed by atoms with Gasteiger partial charge in [-0.1, -0.05) is 26.7 Å². The Bertz CT molecular complexity index is 399. The molecule has 22 heavy (non-hydrogen) atoms. The lowest BCUT2D eigenvalue weighted by atomic mass is 9.84. The van der Waals surface area contributed by atoms with E-state index in [2.05, 4.69) is 10.1 Å². The number of Topliss-reactive ketones (excluding diaryl/α,β-unsaturated/α-hetero) is 1. The topological polar surface area (TPSA) is 90.9 Å². The van der Waals surface area contributed by atoms with Crippen LogP contribution in [0.25, 0.3) is 0 Å². The van der Waals surface area contributed by atoms with Crippen molar-refractivity contribution >= 4 is 17.8 Å². The highest BCUT2D eigenvalue weighted by Crippen LogP contribution is 2.31. The van der Waals surface area contributed by atoms with Gasteiger partial charge in [-0.25, -0.2) is 9.59 Å². The van der Waals surface area contributed by atoms with Crippen LogP contribution in [0.4, 0.5) is 4.79 Å². The van der Waals surface area contributed by atoms with E-state index in [0.717, 1.165) is 20.0 Å². The Labute approximate surface area is 130 Å². The number of hydrogen-bond donors (Lipinski definition) is 1. The van der Waals surface area contributed by atoms with Crippen molar-refractivity contribution in [2.24, 2.45) is 5.41 Å². The van der Waals surface area contributed by atoms with Gasteiger partial charge in [0.2, 0.25) is 0 Å². The monoisotopic (exact) mass is 315 g/mol. The third-order valence-electron chi connectivity index (χ3n) is 3.92. The SMILES string of the molecule is CCCC[C@H](NC(=O)OCC1(CC)COC1)C(=O)C(=O)OC. The predicted octanol–water partition coefficient (Wildman–Crippen LogP) is 1.44. The van der Waals surface area contributed by atoms with Crippen molar-refractivity contribution in [3.8, 4) is 0 Å². The molecule has 0 aliphatic carbocycles. The van der Waals surface area contributed by atoms with Gasteiger partial charge in [0.15, 0.2) is 0 Å². The number of amides is 1. The van der Waals surface area contributed by atoms with Gasteiger partial charge in [-0.15, -0.1) is 0 Å². The second-order valence-electron chi connectivity index (χ2n) is 5.62. The molecule has 7 heteroatoms. The van der Waals surface area contributed by atoms with Crippen molar-refractivity contribution in [1.29, 1.82) is 0 Å². The van der Waals surface area contributed by atoms with Crippen LogP contribution in [0.15, 0.2) is 0 Å². The van der Waals surface area contributed by atoms with E-state index in [1.807, 2.05) is 13.8 Å². The van der Waals surface area contributed by atoms with E-state index < -0.39 is 23.9 Å². The Morgan fingerprint density at radius 3 is 2.41 bits per heavy atom. The second-order valence-corrected chi connectivity index (χ2v) is 5.62. The van der Waals surface area contributed by atoms with Gasteiger partial charge in [0.25, 0.3) is 5.78 Å². The Morgan fingerprint density at radius 2 is 1.95 bits per heavy atom. The highest BCUT2D eigenvalue weighted by atomic mass is 16.6. The van der Waals surface area contributed by atoms with E-state index >= 15 is 0 Å². The Balaban J connectivity index is 2.51. The van der Waals surface area contributed by atoms with E-state index in [1.165, 1.54) is 0 Å². The van der Waals surface area contributed by atoms with Gasteiger partial charge in [0.05, 0.1) is 25.7 Å². The number of carbonyl (C=O) groups is 3. The van der Waals surface area contributed by atoms with Crippen LogP contribution in [0, 0.1) is 5.41 Å². The van der Waals surface area contributed by atoms with Crippen LogP contribution in [0.1, 0.15) is 39.5 Å². The maximum atomic E-state index is 11.9. The van der Waals surface area contributed by atoms with Crippen molar-refractivity contribution < 1.29 is 28.6 Å². The molecule has 0 spiro atoms. The van der Waals surface area contributed by atoms with Gasteiger partial charge in [-0.05, 0) is 12.8 Å². The molecule has 7 nitrogen and oxygen atoms in total. The molecule has 126 valence electrons. The molecule has 1 amide bonds. The molecule has 1 aliphatic rings. The lowest BCUT2D eigenvalue weighted by molar-refractivity contribution is -0.152. The van der Waals surface area contributed by atoms with E-state index in [0.29, 0.717) is 26.1 Å². The van der Waals surface area contributed by atoms with Crippen LogP contribution in [0.5, 0.6) is 0 Å². The zero-order valence-electron chi connectivity index (χ0n) is 13.5. The maximum absolute atomic E-state index is 11.9. The van der Waals surface area contributed by atoms with E-state index in [9.17, 15) is 14.4 Å². The zero-order valence-corrected chi connectivity index (χ0v) is 13.5. The van der Waals surface area contributed by atoms with Crippen molar-refractivity contribution in [3.63, 3.8) is 0 Å². The minimum Gasteiger partial charge on any atom is -0.463 e. The van der Waals surface area contributed by atoms with Gasteiger partial charge in [0.1, 0.15) is 12.6 Å². The first-order chi connectivity index (χ1) is 10.5. The Kier molecular flexibility index (Phi) is 7.31. The third kappa shape index (κ3) is 4.98. The van der Waals surface area contributed by atoms with Gasteiger partial charge < -0.3 is 19.5 Å². The molecule has 0 radical (unpaired) electrons. The molecule has 1 saturated heterocycles. The molecule has 1 fully saturated rings. The number of nitrogens with one attached hydrogen (secondary N) is 1. The van der Waals surface area contributed by atoms with Crippen LogP contribution in [0.3, 0.4) is 0 Å². The van der Waals surface area contributed by atoms with E-state index in [-0.39, 0.29) is 12.0 Å². The van der Waals surface area contributed by atoms with Crippen LogP contribution in [0.2, 0.25) is 0 Å². The fourth-order valence-corrected chi connectivity index (χ4v) is 2.10. The largest absolute Gasteiger partial charge is 0.463 e. The summed E-state index contributed by atoms with van der Waals surface area (Å²) in [5.74, 6) is -1.72. The molecule has 0 aromatic rings. The first-order valence-corrected chi connectivity index (χ1v) is 7.61. The summed E-state index contributed by atoms with van der Waals surface area (Å²) in [6.07, 6.45) is 2.08. The number of methoxy groups -OCH3 is 1. The van der Waals surface area contributed by atoms with E-state index in [4.69, 9.17) is 9.47 Å². The summed E-state index contributed by atoms with van der Waals surface area (Å²) in [4.78, 5) is 35.1. The zero-order chi connectivity index (χ0) is 16.6. The van der Waals surface area contributed by atoms with Crippen molar-refractivity contribution in [3.05, 3.63) is 0 Å². The molecular weight excluding hydrogens is 290 g/mol. The Hall–Kier alpha value is -1.63. The molecule has 0 unspecified atom stereocenters. The van der Waals surface area contributed by atoms with Crippen LogP contribution in [-0.4, -0.2) is 50.8 Å². The summed E-state index contributed by atoms with van der Waals surface area (Å²) >= 11 is 0. The molecule has 0 bridgehead atoms. The first-order valence-electron chi connectivity index (χ1n) is 7.61. The summed E-state index contributed by atoms with van der Waals surface area (Å²) in [5, 5.41) is 2.46. The molecule has 0 aromatic heterocycles. The van der Waals surface area contributed by atoms with Gasteiger partial charge >= 0.3 is 12.1 Å². The van der Waals surface area contributed by atoms with Crippen LogP contribution >= 0.6 is 0 Å². The number of alkyl carbamates (subject to hydrolysis) is 1. The molecule has 1 rings (SSSR count). The number of carbonyl (C=O) groups excluding carboxylic acids is 3. The molecule has 1 aliphatic heterocycles. The molecule has 0 saturated carbocycles. The second kappa shape index (κ2) is 8.73. The van der Waals surface area contributed by atoms with Crippen LogP contribution in [-0.2, 0) is 23.8 Å². The predicted molar refractivity (Wildman–Crippen MR) is 78.4 cm³/mol. The fraction of sp³-hybridized carbons (Fsp3) is 0.800. The number of rotatable bonds is 9. The number of ether oxygens (including phenoxy) is 3. The smallest absolute Gasteiger partial charge is 0.407 e. The molecular formula is C15H25NO6. The summed E-state index contributed by atoms with van der Waals surface area (Å²) < 4.78 is 14.7. The lowest BCUT2D eigenvalue weighted by Gasteiger charge is -2.39. The summed E-state index contributed by atoms with van der Waals surface area (Å²) in [5.41, 5.74) is -0.122. The molecule has 1 atom stereocenters. The van der Waals surface area contributed by atoms with Crippen molar-refractivity contribution in [2.45, 2.75) is 45.6 Å². The van der Waals surface area contributed by atoms with E-state index in [1.54, 1.807) is 0 Å². The average molecular weight is 315 g/mol. The van der Waals surface area contributed by atoms with Gasteiger partial charge in [0, 0.05) is 0 Å². The number of esters is 1. The summed E-state index contributed by atoms with van der Waals surface area (Å²) in [7, 11) is 1.14. The van der Waals surface area contributed by atoms with Crippen molar-refractivity contribution in [1.82, 2.24) is 5.32 Å². The minimum absolute atomic E-state index is 0.122. The molecule has 1 heterocycles. The normalized spacial score (nSPS) is 17.0.